The van der Waals surface area contributed by atoms with Crippen LogP contribution in [0.25, 0.3) is 0 Å². The van der Waals surface area contributed by atoms with Crippen molar-refractivity contribution < 1.29 is 4.79 Å². The maximum absolute atomic E-state index is 12.2. The molecule has 1 fully saturated rings. The van der Waals surface area contributed by atoms with Gasteiger partial charge in [-0.1, -0.05) is 30.3 Å². The van der Waals surface area contributed by atoms with E-state index in [-0.39, 0.29) is 11.9 Å². The van der Waals surface area contributed by atoms with Gasteiger partial charge in [0.1, 0.15) is 0 Å². The van der Waals surface area contributed by atoms with Crippen LogP contribution < -0.4 is 11.1 Å². The Kier molecular flexibility index (Phi) is 3.71. The molecule has 1 aromatic carbocycles. The highest BCUT2D eigenvalue weighted by molar-refractivity contribution is 5.82. The molecule has 1 unspecified atom stereocenters. The Balaban J connectivity index is 2.11. The van der Waals surface area contributed by atoms with E-state index in [0.717, 1.165) is 0 Å². The van der Waals surface area contributed by atoms with Gasteiger partial charge in [-0.25, -0.2) is 0 Å². The molecule has 0 bridgehead atoms. The molecule has 0 heterocycles. The zero-order valence-electron chi connectivity index (χ0n) is 11.1. The number of benzene rings is 1. The van der Waals surface area contributed by atoms with E-state index in [1.54, 1.807) is 0 Å². The van der Waals surface area contributed by atoms with Gasteiger partial charge < -0.3 is 11.1 Å². The smallest absolute Gasteiger partial charge is 0.227 e. The highest BCUT2D eigenvalue weighted by Gasteiger charge is 2.36. The molecule has 1 atom stereocenters. The summed E-state index contributed by atoms with van der Waals surface area (Å²) < 4.78 is 0. The zero-order chi connectivity index (χ0) is 13.2. The van der Waals surface area contributed by atoms with Crippen LogP contribution in [0.15, 0.2) is 30.3 Å². The molecule has 0 aliphatic heterocycles. The monoisotopic (exact) mass is 246 g/mol. The number of carbonyl (C=O) groups is 1. The van der Waals surface area contributed by atoms with Crippen LogP contribution in [0.3, 0.4) is 0 Å². The van der Waals surface area contributed by atoms with Crippen molar-refractivity contribution in [3.05, 3.63) is 35.9 Å². The van der Waals surface area contributed by atoms with Crippen molar-refractivity contribution in [2.45, 2.75) is 32.7 Å². The van der Waals surface area contributed by atoms with Crippen LogP contribution in [0.4, 0.5) is 0 Å². The van der Waals surface area contributed by atoms with Crippen LogP contribution in [0.5, 0.6) is 0 Å². The van der Waals surface area contributed by atoms with Gasteiger partial charge >= 0.3 is 0 Å². The summed E-state index contributed by atoms with van der Waals surface area (Å²) in [6.07, 6.45) is 2.39. The average Bonchev–Trinajstić information content (AvgIpc) is 3.21. The van der Waals surface area contributed by atoms with Crippen LogP contribution >= 0.6 is 0 Å². The molecule has 1 saturated carbocycles. The van der Waals surface area contributed by atoms with Gasteiger partial charge in [0, 0.05) is 6.54 Å². The highest BCUT2D eigenvalue weighted by Crippen LogP contribution is 2.41. The number of rotatable bonds is 5. The molecular formula is C15H22N2O. The first kappa shape index (κ1) is 13.1. The average molecular weight is 246 g/mol. The third-order valence-electron chi connectivity index (χ3n) is 3.66. The van der Waals surface area contributed by atoms with Crippen molar-refractivity contribution >= 4 is 5.91 Å². The van der Waals surface area contributed by atoms with E-state index in [1.165, 1.54) is 18.4 Å². The summed E-state index contributed by atoms with van der Waals surface area (Å²) in [6.45, 7) is 4.14. The largest absolute Gasteiger partial charge is 0.349 e. The molecular weight excluding hydrogens is 224 g/mol. The summed E-state index contributed by atoms with van der Waals surface area (Å²) in [5.74, 6) is 0.635. The van der Waals surface area contributed by atoms with Crippen molar-refractivity contribution in [1.82, 2.24) is 5.32 Å². The summed E-state index contributed by atoms with van der Waals surface area (Å²) in [6, 6.07) is 10.3. The number of nitrogens with two attached hydrogens (primary N) is 1. The lowest BCUT2D eigenvalue weighted by atomic mass is 9.91. The highest BCUT2D eigenvalue weighted by atomic mass is 16.2. The van der Waals surface area contributed by atoms with Gasteiger partial charge in [0.15, 0.2) is 0 Å². The molecule has 1 aliphatic rings. The van der Waals surface area contributed by atoms with Crippen LogP contribution in [-0.2, 0) is 4.79 Å². The minimum atomic E-state index is -0.498. The summed E-state index contributed by atoms with van der Waals surface area (Å²) in [7, 11) is 0. The third kappa shape index (κ3) is 2.91. The van der Waals surface area contributed by atoms with E-state index in [1.807, 2.05) is 32.0 Å². The van der Waals surface area contributed by atoms with Gasteiger partial charge in [-0.15, -0.1) is 0 Å². The van der Waals surface area contributed by atoms with Gasteiger partial charge in [0.2, 0.25) is 5.91 Å². The third-order valence-corrected chi connectivity index (χ3v) is 3.66. The fraction of sp³-hybridized carbons (Fsp3) is 0.533. The Morgan fingerprint density at radius 1 is 1.39 bits per heavy atom. The molecule has 18 heavy (non-hydrogen) atoms. The van der Waals surface area contributed by atoms with Gasteiger partial charge in [0.05, 0.1) is 11.5 Å². The molecule has 1 aliphatic carbocycles. The van der Waals surface area contributed by atoms with E-state index < -0.39 is 5.41 Å². The molecule has 1 amide bonds. The van der Waals surface area contributed by atoms with Crippen molar-refractivity contribution in [3.63, 3.8) is 0 Å². The Labute approximate surface area is 109 Å². The lowest BCUT2D eigenvalue weighted by Crippen LogP contribution is -2.43. The second-order valence-corrected chi connectivity index (χ2v) is 5.79. The first-order chi connectivity index (χ1) is 8.54. The van der Waals surface area contributed by atoms with Crippen LogP contribution in [0.1, 0.15) is 38.3 Å². The van der Waals surface area contributed by atoms with Crippen molar-refractivity contribution in [2.75, 3.05) is 6.54 Å². The Morgan fingerprint density at radius 2 is 2.00 bits per heavy atom. The lowest BCUT2D eigenvalue weighted by molar-refractivity contribution is -0.129. The van der Waals surface area contributed by atoms with E-state index in [4.69, 9.17) is 5.73 Å². The predicted molar refractivity (Wildman–Crippen MR) is 72.9 cm³/mol. The van der Waals surface area contributed by atoms with Crippen LogP contribution in [0, 0.1) is 11.3 Å². The van der Waals surface area contributed by atoms with E-state index >= 15 is 0 Å². The second-order valence-electron chi connectivity index (χ2n) is 5.79. The van der Waals surface area contributed by atoms with Crippen molar-refractivity contribution in [3.8, 4) is 0 Å². The van der Waals surface area contributed by atoms with E-state index in [2.05, 4.69) is 17.4 Å². The molecule has 3 N–H and O–H groups in total. The normalized spacial score (nSPS) is 17.3. The Hall–Kier alpha value is -1.35. The fourth-order valence-corrected chi connectivity index (χ4v) is 1.99. The summed E-state index contributed by atoms with van der Waals surface area (Å²) in [5, 5.41) is 3.17. The van der Waals surface area contributed by atoms with Gasteiger partial charge in [-0.05, 0) is 38.2 Å². The number of amides is 1. The Morgan fingerprint density at radius 3 is 2.50 bits per heavy atom. The topological polar surface area (TPSA) is 55.1 Å². The molecule has 98 valence electrons. The van der Waals surface area contributed by atoms with E-state index in [9.17, 15) is 4.79 Å². The molecule has 0 radical (unpaired) electrons. The molecule has 1 aromatic rings. The SMILES string of the molecule is CC(C)(CN)C(=O)NC(c1ccccc1)C1CC1. The van der Waals surface area contributed by atoms with Gasteiger partial charge in [-0.3, -0.25) is 4.79 Å². The first-order valence-electron chi connectivity index (χ1n) is 6.60. The van der Waals surface area contributed by atoms with Crippen LogP contribution in [0.2, 0.25) is 0 Å². The molecule has 3 heteroatoms. The standard InChI is InChI=1S/C15H22N2O/c1-15(2,10-16)14(18)17-13(12-8-9-12)11-6-4-3-5-7-11/h3-7,12-13H,8-10,16H2,1-2H3,(H,17,18). The molecule has 3 nitrogen and oxygen atoms in total. The summed E-state index contributed by atoms with van der Waals surface area (Å²) in [4.78, 5) is 12.2. The van der Waals surface area contributed by atoms with Gasteiger partial charge in [0.25, 0.3) is 0 Å². The molecule has 0 spiro atoms. The second kappa shape index (κ2) is 5.11. The number of carbonyl (C=O) groups excluding carboxylic acids is 1. The predicted octanol–water partition coefficient (Wildman–Crippen LogP) is 2.24. The van der Waals surface area contributed by atoms with Crippen LogP contribution in [-0.4, -0.2) is 12.5 Å². The Bertz CT molecular complexity index is 410. The maximum atomic E-state index is 12.2. The number of hydrogen-bond donors (Lipinski definition) is 2. The van der Waals surface area contributed by atoms with Crippen molar-refractivity contribution in [2.24, 2.45) is 17.1 Å². The van der Waals surface area contributed by atoms with E-state index in [0.29, 0.717) is 12.5 Å². The first-order valence-corrected chi connectivity index (χ1v) is 6.60. The fourth-order valence-electron chi connectivity index (χ4n) is 1.99. The number of nitrogens with one attached hydrogen (secondary N) is 1. The molecule has 0 aromatic heterocycles. The lowest BCUT2D eigenvalue weighted by Gasteiger charge is -2.26. The van der Waals surface area contributed by atoms with Crippen molar-refractivity contribution in [1.29, 1.82) is 0 Å². The van der Waals surface area contributed by atoms with Gasteiger partial charge in [-0.2, -0.15) is 0 Å². The quantitative estimate of drug-likeness (QED) is 0.837. The minimum Gasteiger partial charge on any atom is -0.349 e. The summed E-state index contributed by atoms with van der Waals surface area (Å²) >= 11 is 0. The summed E-state index contributed by atoms with van der Waals surface area (Å²) in [5.41, 5.74) is 6.35. The molecule has 0 saturated heterocycles. The minimum absolute atomic E-state index is 0.0470. The number of hydrogen-bond acceptors (Lipinski definition) is 2. The maximum Gasteiger partial charge on any atom is 0.227 e. The zero-order valence-corrected chi connectivity index (χ0v) is 11.1. The molecule has 2 rings (SSSR count).